The molecule has 1 aliphatic carbocycles. The number of guanidine groups is 1. The summed E-state index contributed by atoms with van der Waals surface area (Å²) in [5.74, 6) is 1.68. The van der Waals surface area contributed by atoms with Crippen LogP contribution < -0.4 is 10.6 Å². The van der Waals surface area contributed by atoms with Gasteiger partial charge in [-0.15, -0.1) is 10.2 Å². The maximum Gasteiger partial charge on any atom is 0.191 e. The highest BCUT2D eigenvalue weighted by atomic mass is 79.9. The summed E-state index contributed by atoms with van der Waals surface area (Å²) in [5, 5.41) is 14.9. The molecule has 1 aromatic heterocycles. The SMILES string of the molecule is CCNC(=NCc1nncn1C)NCC1(c2ccc(Br)cc2)CCCC1. The molecule has 0 atom stereocenters. The molecule has 0 unspecified atom stereocenters. The molecule has 0 bridgehead atoms. The number of aromatic nitrogens is 3. The first-order chi connectivity index (χ1) is 12.6. The Labute approximate surface area is 163 Å². The Morgan fingerprint density at radius 2 is 1.96 bits per heavy atom. The molecule has 1 aromatic carbocycles. The van der Waals surface area contributed by atoms with Crippen LogP contribution in [0.25, 0.3) is 0 Å². The fourth-order valence-corrected chi connectivity index (χ4v) is 3.88. The zero-order valence-electron chi connectivity index (χ0n) is 15.5. The molecular formula is C19H27BrN6. The summed E-state index contributed by atoms with van der Waals surface area (Å²) in [6.45, 7) is 4.31. The first-order valence-corrected chi connectivity index (χ1v) is 10.0. The summed E-state index contributed by atoms with van der Waals surface area (Å²) >= 11 is 3.54. The Hall–Kier alpha value is -1.89. The molecule has 1 saturated carbocycles. The van der Waals surface area contributed by atoms with Gasteiger partial charge in [0.1, 0.15) is 12.9 Å². The van der Waals surface area contributed by atoms with Gasteiger partial charge in [-0.25, -0.2) is 4.99 Å². The normalized spacial score (nSPS) is 16.7. The van der Waals surface area contributed by atoms with Gasteiger partial charge in [0.2, 0.25) is 0 Å². The van der Waals surface area contributed by atoms with Crippen molar-refractivity contribution in [2.24, 2.45) is 12.0 Å². The van der Waals surface area contributed by atoms with E-state index in [4.69, 9.17) is 0 Å². The summed E-state index contributed by atoms with van der Waals surface area (Å²) in [4.78, 5) is 4.68. The number of nitrogens with zero attached hydrogens (tertiary/aromatic N) is 4. The quantitative estimate of drug-likeness (QED) is 0.558. The minimum Gasteiger partial charge on any atom is -0.357 e. The minimum atomic E-state index is 0.182. The number of halogens is 1. The van der Waals surface area contributed by atoms with E-state index in [0.717, 1.165) is 29.3 Å². The fraction of sp³-hybridized carbons (Fsp3) is 0.526. The average Bonchev–Trinajstić information content (AvgIpc) is 3.28. The van der Waals surface area contributed by atoms with Crippen LogP contribution >= 0.6 is 15.9 Å². The molecule has 2 aromatic rings. The Bertz CT molecular complexity index is 731. The number of hydrogen-bond acceptors (Lipinski definition) is 3. The maximum atomic E-state index is 4.68. The number of hydrogen-bond donors (Lipinski definition) is 2. The van der Waals surface area contributed by atoms with Crippen LogP contribution in [-0.4, -0.2) is 33.8 Å². The molecule has 1 fully saturated rings. The molecule has 0 radical (unpaired) electrons. The van der Waals surface area contributed by atoms with Crippen LogP contribution in [0.15, 0.2) is 40.1 Å². The van der Waals surface area contributed by atoms with Crippen LogP contribution in [0.2, 0.25) is 0 Å². The van der Waals surface area contributed by atoms with Crippen molar-refractivity contribution in [3.8, 4) is 0 Å². The van der Waals surface area contributed by atoms with Gasteiger partial charge >= 0.3 is 0 Å². The van der Waals surface area contributed by atoms with E-state index >= 15 is 0 Å². The van der Waals surface area contributed by atoms with E-state index < -0.39 is 0 Å². The molecule has 0 spiro atoms. The van der Waals surface area contributed by atoms with Crippen LogP contribution in [0, 0.1) is 0 Å². The van der Waals surface area contributed by atoms with E-state index in [2.05, 4.69) is 72.9 Å². The molecule has 0 saturated heterocycles. The number of nitrogens with one attached hydrogen (secondary N) is 2. The van der Waals surface area contributed by atoms with Gasteiger partial charge in [0.15, 0.2) is 11.8 Å². The summed E-state index contributed by atoms with van der Waals surface area (Å²) in [7, 11) is 1.94. The van der Waals surface area contributed by atoms with Gasteiger partial charge in [-0.1, -0.05) is 40.9 Å². The molecule has 2 N–H and O–H groups in total. The summed E-state index contributed by atoms with van der Waals surface area (Å²) < 4.78 is 3.02. The van der Waals surface area contributed by atoms with E-state index in [9.17, 15) is 0 Å². The van der Waals surface area contributed by atoms with E-state index in [1.54, 1.807) is 6.33 Å². The monoisotopic (exact) mass is 418 g/mol. The molecule has 0 amide bonds. The second kappa shape index (κ2) is 8.66. The molecule has 1 heterocycles. The van der Waals surface area contributed by atoms with Gasteiger partial charge in [0.05, 0.1) is 0 Å². The average molecular weight is 419 g/mol. The predicted octanol–water partition coefficient (Wildman–Crippen LogP) is 3.14. The number of rotatable bonds is 6. The van der Waals surface area contributed by atoms with E-state index in [-0.39, 0.29) is 5.41 Å². The number of benzene rings is 1. The lowest BCUT2D eigenvalue weighted by molar-refractivity contribution is 0.431. The Morgan fingerprint density at radius 3 is 2.58 bits per heavy atom. The first-order valence-electron chi connectivity index (χ1n) is 9.24. The first kappa shape index (κ1) is 18.9. The minimum absolute atomic E-state index is 0.182. The third-order valence-corrected chi connectivity index (χ3v) is 5.67. The zero-order valence-corrected chi connectivity index (χ0v) is 17.1. The van der Waals surface area contributed by atoms with Gasteiger partial charge in [0, 0.05) is 30.0 Å². The van der Waals surface area contributed by atoms with Crippen molar-refractivity contribution in [1.82, 2.24) is 25.4 Å². The number of aliphatic imine (C=N–C) groups is 1. The molecule has 7 heteroatoms. The molecule has 140 valence electrons. The Morgan fingerprint density at radius 1 is 1.23 bits per heavy atom. The van der Waals surface area contributed by atoms with E-state index in [1.165, 1.54) is 31.2 Å². The van der Waals surface area contributed by atoms with Crippen LogP contribution in [0.1, 0.15) is 44.0 Å². The van der Waals surface area contributed by atoms with Crippen molar-refractivity contribution in [2.45, 2.75) is 44.6 Å². The lowest BCUT2D eigenvalue weighted by atomic mass is 9.79. The van der Waals surface area contributed by atoms with Crippen molar-refractivity contribution in [3.05, 3.63) is 46.5 Å². The molecule has 1 aliphatic rings. The van der Waals surface area contributed by atoms with Crippen molar-refractivity contribution in [1.29, 1.82) is 0 Å². The summed E-state index contributed by atoms with van der Waals surface area (Å²) in [6.07, 6.45) is 6.69. The van der Waals surface area contributed by atoms with Crippen LogP contribution in [0.3, 0.4) is 0 Å². The second-order valence-electron chi connectivity index (χ2n) is 6.90. The molecule has 6 nitrogen and oxygen atoms in total. The smallest absolute Gasteiger partial charge is 0.191 e. The predicted molar refractivity (Wildman–Crippen MR) is 108 cm³/mol. The van der Waals surface area contributed by atoms with Gasteiger partial charge in [0.25, 0.3) is 0 Å². The molecule has 3 rings (SSSR count). The Kier molecular flexibility index (Phi) is 6.29. The number of aryl methyl sites for hydroxylation is 1. The molecular weight excluding hydrogens is 392 g/mol. The maximum absolute atomic E-state index is 4.68. The highest BCUT2D eigenvalue weighted by molar-refractivity contribution is 9.10. The van der Waals surface area contributed by atoms with E-state index in [0.29, 0.717) is 6.54 Å². The second-order valence-corrected chi connectivity index (χ2v) is 7.82. The molecule has 0 aliphatic heterocycles. The summed E-state index contributed by atoms with van der Waals surface area (Å²) in [5.41, 5.74) is 1.59. The van der Waals surface area contributed by atoms with Crippen LogP contribution in [0.4, 0.5) is 0 Å². The molecule has 26 heavy (non-hydrogen) atoms. The standard InChI is InChI=1S/C19H27BrN6/c1-3-21-18(22-12-17-25-24-14-26(17)2)23-13-19(10-4-5-11-19)15-6-8-16(20)9-7-15/h6-9,14H,3-5,10-13H2,1-2H3,(H2,21,22,23). The van der Waals surface area contributed by atoms with Crippen LogP contribution in [0.5, 0.6) is 0 Å². The van der Waals surface area contributed by atoms with E-state index in [1.807, 2.05) is 11.6 Å². The topological polar surface area (TPSA) is 67.1 Å². The largest absolute Gasteiger partial charge is 0.357 e. The van der Waals surface area contributed by atoms with Crippen molar-refractivity contribution in [2.75, 3.05) is 13.1 Å². The highest BCUT2D eigenvalue weighted by Gasteiger charge is 2.35. The van der Waals surface area contributed by atoms with Crippen LogP contribution in [-0.2, 0) is 19.0 Å². The fourth-order valence-electron chi connectivity index (χ4n) is 3.62. The van der Waals surface area contributed by atoms with Gasteiger partial charge in [-0.05, 0) is 37.5 Å². The van der Waals surface area contributed by atoms with Gasteiger partial charge < -0.3 is 15.2 Å². The summed E-state index contributed by atoms with van der Waals surface area (Å²) in [6, 6.07) is 8.78. The van der Waals surface area contributed by atoms with Gasteiger partial charge in [-0.2, -0.15) is 0 Å². The third-order valence-electron chi connectivity index (χ3n) is 5.14. The third kappa shape index (κ3) is 4.44. The van der Waals surface area contributed by atoms with Gasteiger partial charge in [-0.3, -0.25) is 0 Å². The lowest BCUT2D eigenvalue weighted by Crippen LogP contribution is -2.44. The zero-order chi connectivity index (χ0) is 18.4. The van der Waals surface area contributed by atoms with Crippen molar-refractivity contribution < 1.29 is 0 Å². The Balaban J connectivity index is 1.71. The lowest BCUT2D eigenvalue weighted by Gasteiger charge is -2.31. The highest BCUT2D eigenvalue weighted by Crippen LogP contribution is 2.40. The van der Waals surface area contributed by atoms with Crippen molar-refractivity contribution in [3.63, 3.8) is 0 Å². The van der Waals surface area contributed by atoms with Crippen molar-refractivity contribution >= 4 is 21.9 Å².